The number of hydrogen-bond acceptors (Lipinski definition) is 3. The van der Waals surface area contributed by atoms with Crippen LogP contribution in [0.4, 0.5) is 18.9 Å². The average molecular weight is 436 g/mol. The van der Waals surface area contributed by atoms with Gasteiger partial charge in [0.15, 0.2) is 5.78 Å². The van der Waals surface area contributed by atoms with E-state index in [-0.39, 0.29) is 24.2 Å². The van der Waals surface area contributed by atoms with Crippen molar-refractivity contribution in [2.24, 2.45) is 10.8 Å². The van der Waals surface area contributed by atoms with Gasteiger partial charge in [0.05, 0.1) is 5.57 Å². The Bertz CT molecular complexity index is 985. The van der Waals surface area contributed by atoms with Crippen molar-refractivity contribution in [3.63, 3.8) is 0 Å². The largest absolute Gasteiger partial charge is 0.425 e. The fourth-order valence-corrected chi connectivity index (χ4v) is 4.08. The lowest BCUT2D eigenvalue weighted by molar-refractivity contribution is -0.191. The van der Waals surface area contributed by atoms with Crippen LogP contribution in [-0.4, -0.2) is 29.3 Å². The van der Waals surface area contributed by atoms with Crippen molar-refractivity contribution in [2.45, 2.75) is 66.1 Å². The van der Waals surface area contributed by atoms with E-state index in [0.29, 0.717) is 0 Å². The summed E-state index contributed by atoms with van der Waals surface area (Å²) in [6.07, 6.45) is -5.26. The summed E-state index contributed by atoms with van der Waals surface area (Å²) < 4.78 is 44.0. The van der Waals surface area contributed by atoms with E-state index < -0.39 is 45.7 Å². The molecule has 1 atom stereocenters. The molecule has 0 spiro atoms. The Morgan fingerprint density at radius 1 is 1.03 bits per heavy atom. The number of rotatable bonds is 2. The Morgan fingerprint density at radius 3 is 2.06 bits per heavy atom. The van der Waals surface area contributed by atoms with Crippen molar-refractivity contribution in [2.75, 3.05) is 4.90 Å². The molecule has 2 amide bonds. The van der Waals surface area contributed by atoms with Gasteiger partial charge in [-0.25, -0.2) is 0 Å². The molecule has 0 bridgehead atoms. The van der Waals surface area contributed by atoms with E-state index in [2.05, 4.69) is 0 Å². The zero-order valence-corrected chi connectivity index (χ0v) is 18.5. The topological polar surface area (TPSA) is 66.5 Å². The van der Waals surface area contributed by atoms with Crippen molar-refractivity contribution in [3.8, 4) is 0 Å². The van der Waals surface area contributed by atoms with Crippen LogP contribution in [0.1, 0.15) is 53.0 Å². The van der Waals surface area contributed by atoms with Gasteiger partial charge in [0, 0.05) is 23.2 Å². The molecule has 1 unspecified atom stereocenters. The van der Waals surface area contributed by atoms with Gasteiger partial charge in [-0.05, 0) is 30.9 Å². The minimum Gasteiger partial charge on any atom is -0.330 e. The number of allylic oxidation sites excluding steroid dienone is 1. The predicted molar refractivity (Wildman–Crippen MR) is 110 cm³/mol. The number of carbonyl (C=O) groups is 3. The highest BCUT2D eigenvalue weighted by Crippen LogP contribution is 2.53. The van der Waals surface area contributed by atoms with Gasteiger partial charge in [-0.1, -0.05) is 52.3 Å². The number of alkyl halides is 3. The normalized spacial score (nSPS) is 23.8. The Balaban J connectivity index is 2.31. The number of Topliss-reactive ketones (excluding diaryl/α,β-unsaturated/α-hetero) is 1. The van der Waals surface area contributed by atoms with Crippen LogP contribution in [-0.2, 0) is 14.4 Å². The summed E-state index contributed by atoms with van der Waals surface area (Å²) in [5.74, 6) is -3.12. The molecule has 168 valence electrons. The SMILES string of the molecule is Cc1ccc(N2C(=O)C(NC(=O)C(C)(C)C)(C(F)(F)F)C3=C2CC(C)(C)CC3=O)cc1. The van der Waals surface area contributed by atoms with Crippen LogP contribution in [0.5, 0.6) is 0 Å². The molecule has 0 saturated heterocycles. The van der Waals surface area contributed by atoms with Crippen LogP contribution in [0.3, 0.4) is 0 Å². The van der Waals surface area contributed by atoms with Crippen LogP contribution in [0.2, 0.25) is 0 Å². The van der Waals surface area contributed by atoms with Gasteiger partial charge < -0.3 is 5.32 Å². The molecule has 1 aromatic rings. The molecule has 0 fully saturated rings. The van der Waals surface area contributed by atoms with Gasteiger partial charge in [-0.3, -0.25) is 19.3 Å². The standard InChI is InChI=1S/C23H27F3N2O3/c1-13-7-9-14(10-8-13)28-15-11-21(5,6)12-16(29)17(15)22(19(28)31,23(24,25)26)27-18(30)20(2,3)4/h7-10H,11-12H2,1-6H3,(H,27,30). The number of nitrogens with one attached hydrogen (secondary N) is 1. The average Bonchev–Trinajstić information content (AvgIpc) is 2.83. The van der Waals surface area contributed by atoms with Crippen molar-refractivity contribution in [1.82, 2.24) is 5.32 Å². The summed E-state index contributed by atoms with van der Waals surface area (Å²) >= 11 is 0. The third-order valence-corrected chi connectivity index (χ3v) is 5.72. The maximum atomic E-state index is 14.7. The van der Waals surface area contributed by atoms with E-state index >= 15 is 0 Å². The van der Waals surface area contributed by atoms with Crippen molar-refractivity contribution in [3.05, 3.63) is 41.1 Å². The molecule has 1 heterocycles. The molecule has 1 aliphatic heterocycles. The molecule has 0 radical (unpaired) electrons. The van der Waals surface area contributed by atoms with Crippen molar-refractivity contribution >= 4 is 23.3 Å². The summed E-state index contributed by atoms with van der Waals surface area (Å²) in [4.78, 5) is 40.3. The summed E-state index contributed by atoms with van der Waals surface area (Å²) in [5.41, 5.74) is -4.81. The lowest BCUT2D eigenvalue weighted by Gasteiger charge is -2.37. The molecule has 8 heteroatoms. The summed E-state index contributed by atoms with van der Waals surface area (Å²) in [5, 5.41) is 1.96. The van der Waals surface area contributed by atoms with Gasteiger partial charge in [-0.2, -0.15) is 13.2 Å². The molecule has 31 heavy (non-hydrogen) atoms. The molecule has 1 aromatic carbocycles. The quantitative estimate of drug-likeness (QED) is 0.745. The van der Waals surface area contributed by atoms with E-state index in [4.69, 9.17) is 0 Å². The fraction of sp³-hybridized carbons (Fsp3) is 0.522. The predicted octanol–water partition coefficient (Wildman–Crippen LogP) is 4.45. The number of ketones is 1. The highest BCUT2D eigenvalue weighted by molar-refractivity contribution is 6.20. The van der Waals surface area contributed by atoms with Gasteiger partial charge in [0.1, 0.15) is 0 Å². The Labute approximate surface area is 179 Å². The Hall–Kier alpha value is -2.64. The van der Waals surface area contributed by atoms with Gasteiger partial charge >= 0.3 is 6.18 Å². The van der Waals surface area contributed by atoms with E-state index in [1.54, 1.807) is 38.1 Å². The summed E-state index contributed by atoms with van der Waals surface area (Å²) in [6, 6.07) is 6.45. The van der Waals surface area contributed by atoms with E-state index in [1.807, 2.05) is 12.2 Å². The highest BCUT2D eigenvalue weighted by Gasteiger charge is 2.72. The molecule has 1 N–H and O–H groups in total. The molecule has 2 aliphatic rings. The molecular weight excluding hydrogens is 409 g/mol. The van der Waals surface area contributed by atoms with Gasteiger partial charge in [0.25, 0.3) is 5.91 Å². The second-order valence-corrected chi connectivity index (χ2v) is 10.2. The Kier molecular flexibility index (Phi) is 5.15. The number of nitrogens with zero attached hydrogens (tertiary/aromatic N) is 1. The smallest absolute Gasteiger partial charge is 0.330 e. The Morgan fingerprint density at radius 2 is 1.58 bits per heavy atom. The lowest BCUT2D eigenvalue weighted by atomic mass is 9.72. The first kappa shape index (κ1) is 23.0. The number of anilines is 1. The molecule has 0 saturated carbocycles. The summed E-state index contributed by atoms with van der Waals surface area (Å²) in [6.45, 7) is 9.71. The zero-order valence-electron chi connectivity index (χ0n) is 18.5. The summed E-state index contributed by atoms with van der Waals surface area (Å²) in [7, 11) is 0. The number of carbonyl (C=O) groups excluding carboxylic acids is 3. The van der Waals surface area contributed by atoms with Crippen LogP contribution >= 0.6 is 0 Å². The zero-order chi connectivity index (χ0) is 23.6. The minimum absolute atomic E-state index is 0.00152. The van der Waals surface area contributed by atoms with Crippen LogP contribution in [0.15, 0.2) is 35.5 Å². The third kappa shape index (κ3) is 3.66. The second-order valence-electron chi connectivity index (χ2n) is 10.2. The van der Waals surface area contributed by atoms with Crippen molar-refractivity contribution in [1.29, 1.82) is 0 Å². The number of hydrogen-bond donors (Lipinski definition) is 1. The van der Waals surface area contributed by atoms with Crippen molar-refractivity contribution < 1.29 is 27.6 Å². The van der Waals surface area contributed by atoms with E-state index in [9.17, 15) is 27.6 Å². The van der Waals surface area contributed by atoms with E-state index in [0.717, 1.165) is 10.5 Å². The first-order valence-electron chi connectivity index (χ1n) is 10.1. The second kappa shape index (κ2) is 6.93. The number of benzene rings is 1. The molecule has 5 nitrogen and oxygen atoms in total. The maximum Gasteiger partial charge on any atom is 0.425 e. The van der Waals surface area contributed by atoms with E-state index in [1.165, 1.54) is 20.8 Å². The highest BCUT2D eigenvalue weighted by atomic mass is 19.4. The number of aryl methyl sites for hydroxylation is 1. The minimum atomic E-state index is -5.21. The monoisotopic (exact) mass is 436 g/mol. The van der Waals surface area contributed by atoms with Crippen LogP contribution in [0, 0.1) is 17.8 Å². The number of halogens is 3. The maximum absolute atomic E-state index is 14.7. The van der Waals surface area contributed by atoms with Gasteiger partial charge in [-0.15, -0.1) is 0 Å². The molecular formula is C23H27F3N2O3. The molecule has 3 rings (SSSR count). The van der Waals surface area contributed by atoms with Crippen LogP contribution in [0.25, 0.3) is 0 Å². The first-order valence-corrected chi connectivity index (χ1v) is 10.1. The first-order chi connectivity index (χ1) is 14.0. The van der Waals surface area contributed by atoms with Gasteiger partial charge in [0.2, 0.25) is 11.4 Å². The van der Waals surface area contributed by atoms with Crippen LogP contribution < -0.4 is 10.2 Å². The molecule has 1 aliphatic carbocycles. The molecule has 0 aromatic heterocycles. The number of amides is 2. The third-order valence-electron chi connectivity index (χ3n) is 5.72. The fourth-order valence-electron chi connectivity index (χ4n) is 4.08. The lowest BCUT2D eigenvalue weighted by Crippen LogP contribution is -2.67.